The lowest BCUT2D eigenvalue weighted by atomic mass is 10.1. The van der Waals surface area contributed by atoms with E-state index in [0.717, 1.165) is 40.6 Å². The van der Waals surface area contributed by atoms with Crippen molar-refractivity contribution in [2.75, 3.05) is 18.0 Å². The van der Waals surface area contributed by atoms with Gasteiger partial charge in [0.05, 0.1) is 11.1 Å². The van der Waals surface area contributed by atoms with Gasteiger partial charge in [0.25, 0.3) is 0 Å². The molecule has 1 saturated heterocycles. The molecule has 3 nitrogen and oxygen atoms in total. The Balaban J connectivity index is 2.11. The summed E-state index contributed by atoms with van der Waals surface area (Å²) < 4.78 is 1.00. The van der Waals surface area contributed by atoms with Crippen molar-refractivity contribution in [3.8, 4) is 0 Å². The minimum atomic E-state index is 0.688. The summed E-state index contributed by atoms with van der Waals surface area (Å²) >= 11 is 3.45. The van der Waals surface area contributed by atoms with Crippen LogP contribution in [0.15, 0.2) is 28.7 Å². The number of hydrogen-bond donors (Lipinski definition) is 0. The molecule has 0 radical (unpaired) electrons. The molecule has 0 aliphatic carbocycles. The Labute approximate surface area is 120 Å². The normalized spacial score (nSPS) is 15.7. The van der Waals surface area contributed by atoms with Gasteiger partial charge in [0.1, 0.15) is 5.82 Å². The van der Waals surface area contributed by atoms with Crippen molar-refractivity contribution in [2.45, 2.75) is 19.3 Å². The van der Waals surface area contributed by atoms with Gasteiger partial charge >= 0.3 is 0 Å². The predicted octanol–water partition coefficient (Wildman–Crippen LogP) is 3.80. The van der Waals surface area contributed by atoms with Crippen LogP contribution in [0.1, 0.15) is 29.6 Å². The Morgan fingerprint density at radius 2 is 1.95 bits per heavy atom. The number of aldehydes is 1. The zero-order valence-corrected chi connectivity index (χ0v) is 12.2. The number of carbonyl (C=O) groups is 1. The number of pyridine rings is 1. The van der Waals surface area contributed by atoms with E-state index in [1.165, 1.54) is 19.3 Å². The van der Waals surface area contributed by atoms with E-state index in [0.29, 0.717) is 5.56 Å². The third-order valence-corrected chi connectivity index (χ3v) is 4.06. The molecule has 0 amide bonds. The maximum Gasteiger partial charge on any atom is 0.153 e. The molecule has 0 saturated carbocycles. The van der Waals surface area contributed by atoms with Crippen molar-refractivity contribution < 1.29 is 4.79 Å². The van der Waals surface area contributed by atoms with Gasteiger partial charge in [0.2, 0.25) is 0 Å². The average Bonchev–Trinajstić information content (AvgIpc) is 2.46. The van der Waals surface area contributed by atoms with Gasteiger partial charge in [-0.3, -0.25) is 4.79 Å². The lowest BCUT2D eigenvalue weighted by Gasteiger charge is -2.28. The van der Waals surface area contributed by atoms with Crippen LogP contribution in [-0.2, 0) is 0 Å². The summed E-state index contributed by atoms with van der Waals surface area (Å²) in [7, 11) is 0. The standard InChI is InChI=1S/C15H15BrN2O/c16-13-4-5-14-11(9-13)8-12(10-19)15(17-14)18-6-2-1-3-7-18/h4-5,8-10H,1-3,6-7H2. The molecule has 0 unspecified atom stereocenters. The molecule has 2 aromatic rings. The first kappa shape index (κ1) is 12.6. The van der Waals surface area contributed by atoms with Crippen molar-refractivity contribution in [1.29, 1.82) is 0 Å². The van der Waals surface area contributed by atoms with Crippen molar-refractivity contribution in [1.82, 2.24) is 4.98 Å². The van der Waals surface area contributed by atoms with Gasteiger partial charge in [-0.25, -0.2) is 4.98 Å². The number of carbonyl (C=O) groups excluding carboxylic acids is 1. The number of fused-ring (bicyclic) bond motifs is 1. The Hall–Kier alpha value is -1.42. The van der Waals surface area contributed by atoms with E-state index in [9.17, 15) is 4.79 Å². The van der Waals surface area contributed by atoms with Crippen LogP contribution in [0.25, 0.3) is 10.9 Å². The monoisotopic (exact) mass is 318 g/mol. The largest absolute Gasteiger partial charge is 0.356 e. The molecular formula is C15H15BrN2O. The molecule has 0 atom stereocenters. The SMILES string of the molecule is O=Cc1cc2cc(Br)ccc2nc1N1CCCCC1. The van der Waals surface area contributed by atoms with Crippen LogP contribution in [0.5, 0.6) is 0 Å². The minimum absolute atomic E-state index is 0.688. The van der Waals surface area contributed by atoms with E-state index < -0.39 is 0 Å². The Morgan fingerprint density at radius 1 is 1.16 bits per heavy atom. The molecule has 3 rings (SSSR count). The molecule has 4 heteroatoms. The van der Waals surface area contributed by atoms with E-state index in [1.54, 1.807) is 0 Å². The van der Waals surface area contributed by atoms with Crippen LogP contribution >= 0.6 is 15.9 Å². The van der Waals surface area contributed by atoms with Crippen LogP contribution in [0.2, 0.25) is 0 Å². The number of nitrogens with zero attached hydrogens (tertiary/aromatic N) is 2. The summed E-state index contributed by atoms with van der Waals surface area (Å²) in [6.45, 7) is 1.99. The summed E-state index contributed by atoms with van der Waals surface area (Å²) in [4.78, 5) is 18.2. The molecule has 0 N–H and O–H groups in total. The summed E-state index contributed by atoms with van der Waals surface area (Å²) in [6.07, 6.45) is 4.54. The smallest absolute Gasteiger partial charge is 0.153 e. The Morgan fingerprint density at radius 3 is 2.68 bits per heavy atom. The Kier molecular flexibility index (Phi) is 3.51. The number of rotatable bonds is 2. The highest BCUT2D eigenvalue weighted by molar-refractivity contribution is 9.10. The van der Waals surface area contributed by atoms with Gasteiger partial charge in [-0.05, 0) is 43.5 Å². The van der Waals surface area contributed by atoms with Crippen LogP contribution in [-0.4, -0.2) is 24.4 Å². The van der Waals surface area contributed by atoms with Gasteiger partial charge < -0.3 is 4.90 Å². The zero-order chi connectivity index (χ0) is 13.2. The van der Waals surface area contributed by atoms with Gasteiger partial charge in [-0.1, -0.05) is 15.9 Å². The molecule has 1 aliphatic rings. The van der Waals surface area contributed by atoms with Crippen molar-refractivity contribution >= 4 is 38.9 Å². The number of anilines is 1. The van der Waals surface area contributed by atoms with Gasteiger partial charge in [-0.2, -0.15) is 0 Å². The Bertz CT molecular complexity index is 621. The van der Waals surface area contributed by atoms with E-state index >= 15 is 0 Å². The highest BCUT2D eigenvalue weighted by atomic mass is 79.9. The highest BCUT2D eigenvalue weighted by Gasteiger charge is 2.16. The summed E-state index contributed by atoms with van der Waals surface area (Å²) in [5.41, 5.74) is 1.63. The lowest BCUT2D eigenvalue weighted by Crippen LogP contribution is -2.31. The molecule has 98 valence electrons. The quantitative estimate of drug-likeness (QED) is 0.790. The molecule has 0 spiro atoms. The fourth-order valence-electron chi connectivity index (χ4n) is 2.60. The first-order valence-electron chi connectivity index (χ1n) is 6.58. The van der Waals surface area contributed by atoms with Gasteiger partial charge in [0.15, 0.2) is 6.29 Å². The fourth-order valence-corrected chi connectivity index (χ4v) is 2.98. The summed E-state index contributed by atoms with van der Waals surface area (Å²) in [5, 5.41) is 0.997. The molecule has 2 heterocycles. The predicted molar refractivity (Wildman–Crippen MR) is 80.9 cm³/mol. The second-order valence-electron chi connectivity index (χ2n) is 4.90. The minimum Gasteiger partial charge on any atom is -0.356 e. The van der Waals surface area contributed by atoms with Crippen molar-refractivity contribution in [3.63, 3.8) is 0 Å². The zero-order valence-electron chi connectivity index (χ0n) is 10.6. The first-order valence-corrected chi connectivity index (χ1v) is 7.38. The number of benzene rings is 1. The molecule has 1 aliphatic heterocycles. The molecular weight excluding hydrogens is 304 g/mol. The molecule has 0 bridgehead atoms. The third-order valence-electron chi connectivity index (χ3n) is 3.57. The van der Waals surface area contributed by atoms with Crippen LogP contribution < -0.4 is 4.90 Å². The number of piperidine rings is 1. The number of aromatic nitrogens is 1. The van der Waals surface area contributed by atoms with E-state index in [2.05, 4.69) is 25.8 Å². The van der Waals surface area contributed by atoms with Crippen LogP contribution in [0.3, 0.4) is 0 Å². The third kappa shape index (κ3) is 2.50. The first-order chi connectivity index (χ1) is 9.28. The second-order valence-corrected chi connectivity index (χ2v) is 5.82. The molecule has 1 aromatic carbocycles. The second kappa shape index (κ2) is 5.29. The lowest BCUT2D eigenvalue weighted by molar-refractivity contribution is 0.112. The van der Waals surface area contributed by atoms with Crippen molar-refractivity contribution in [3.05, 3.63) is 34.3 Å². The molecule has 1 fully saturated rings. The molecule has 1 aromatic heterocycles. The topological polar surface area (TPSA) is 33.2 Å². The summed E-state index contributed by atoms with van der Waals surface area (Å²) in [5.74, 6) is 0.838. The number of hydrogen-bond acceptors (Lipinski definition) is 3. The van der Waals surface area contributed by atoms with Crippen LogP contribution in [0, 0.1) is 0 Å². The fraction of sp³-hybridized carbons (Fsp3) is 0.333. The van der Waals surface area contributed by atoms with E-state index in [1.807, 2.05) is 24.3 Å². The number of halogens is 1. The summed E-state index contributed by atoms with van der Waals surface area (Å²) in [6, 6.07) is 7.90. The van der Waals surface area contributed by atoms with E-state index in [-0.39, 0.29) is 0 Å². The van der Waals surface area contributed by atoms with Crippen molar-refractivity contribution in [2.24, 2.45) is 0 Å². The maximum atomic E-state index is 11.3. The highest BCUT2D eigenvalue weighted by Crippen LogP contribution is 2.26. The van der Waals surface area contributed by atoms with Crippen LogP contribution in [0.4, 0.5) is 5.82 Å². The average molecular weight is 319 g/mol. The maximum absolute atomic E-state index is 11.3. The van der Waals surface area contributed by atoms with Gasteiger partial charge in [-0.15, -0.1) is 0 Å². The van der Waals surface area contributed by atoms with E-state index in [4.69, 9.17) is 0 Å². The molecule has 19 heavy (non-hydrogen) atoms. The van der Waals surface area contributed by atoms with Gasteiger partial charge in [0, 0.05) is 22.9 Å².